The van der Waals surface area contributed by atoms with E-state index in [1.807, 2.05) is 36.4 Å². The first kappa shape index (κ1) is 12.1. The summed E-state index contributed by atoms with van der Waals surface area (Å²) < 4.78 is 0. The second-order valence-corrected chi connectivity index (χ2v) is 3.94. The van der Waals surface area contributed by atoms with Crippen LogP contribution >= 0.6 is 0 Å². The minimum atomic E-state index is 0.687. The van der Waals surface area contributed by atoms with Gasteiger partial charge in [-0.1, -0.05) is 54.6 Å². The molecule has 0 saturated carbocycles. The molecule has 2 aromatic carbocycles. The summed E-state index contributed by atoms with van der Waals surface area (Å²) >= 11 is 0. The third kappa shape index (κ3) is 3.59. The zero-order valence-corrected chi connectivity index (χ0v) is 10.0. The molecule has 1 N–H and O–H groups in total. The fourth-order valence-electron chi connectivity index (χ4n) is 1.66. The zero-order chi connectivity index (χ0) is 12.6. The summed E-state index contributed by atoms with van der Waals surface area (Å²) in [5, 5.41) is 3.24. The molecule has 0 unspecified atom stereocenters. The molecular weight excluding hydrogens is 222 g/mol. The Bertz CT molecular complexity index is 532. The fraction of sp³-hybridized carbons (Fsp3) is 0.0625. The van der Waals surface area contributed by atoms with Crippen molar-refractivity contribution < 1.29 is 4.79 Å². The van der Waals surface area contributed by atoms with Crippen LogP contribution in [0.25, 0.3) is 6.08 Å². The summed E-state index contributed by atoms with van der Waals surface area (Å²) in [4.78, 5) is 10.6. The first-order valence-corrected chi connectivity index (χ1v) is 5.89. The SMILES string of the molecule is O=Cc1cccc(NC/C=C/c2ccccc2)c1. The number of hydrogen-bond acceptors (Lipinski definition) is 2. The molecule has 0 amide bonds. The molecule has 90 valence electrons. The molecule has 0 aliphatic carbocycles. The van der Waals surface area contributed by atoms with Gasteiger partial charge in [0, 0.05) is 17.8 Å². The lowest BCUT2D eigenvalue weighted by atomic mass is 10.2. The molecule has 0 aliphatic rings. The number of aldehydes is 1. The first-order valence-electron chi connectivity index (χ1n) is 5.89. The number of rotatable bonds is 5. The van der Waals surface area contributed by atoms with Crippen LogP contribution in [0.15, 0.2) is 60.7 Å². The van der Waals surface area contributed by atoms with E-state index in [1.165, 1.54) is 5.56 Å². The minimum Gasteiger partial charge on any atom is -0.382 e. The average molecular weight is 237 g/mol. The van der Waals surface area contributed by atoms with Crippen LogP contribution in [0, 0.1) is 0 Å². The van der Waals surface area contributed by atoms with Gasteiger partial charge in [0.15, 0.2) is 0 Å². The van der Waals surface area contributed by atoms with Gasteiger partial charge in [-0.3, -0.25) is 4.79 Å². The Morgan fingerprint density at radius 3 is 2.50 bits per heavy atom. The molecule has 0 spiro atoms. The number of nitrogens with one attached hydrogen (secondary N) is 1. The van der Waals surface area contributed by atoms with E-state index in [2.05, 4.69) is 29.6 Å². The molecule has 2 rings (SSSR count). The van der Waals surface area contributed by atoms with E-state index in [-0.39, 0.29) is 0 Å². The third-order valence-electron chi connectivity index (χ3n) is 2.56. The highest BCUT2D eigenvalue weighted by Crippen LogP contribution is 2.08. The normalized spacial score (nSPS) is 10.4. The van der Waals surface area contributed by atoms with Gasteiger partial charge in [0.25, 0.3) is 0 Å². The summed E-state index contributed by atoms with van der Waals surface area (Å²) in [6, 6.07) is 17.6. The van der Waals surface area contributed by atoms with Gasteiger partial charge >= 0.3 is 0 Å². The molecule has 18 heavy (non-hydrogen) atoms. The quantitative estimate of drug-likeness (QED) is 0.805. The van der Waals surface area contributed by atoms with E-state index in [9.17, 15) is 4.79 Å². The Labute approximate surface area is 107 Å². The lowest BCUT2D eigenvalue weighted by Crippen LogP contribution is -1.98. The van der Waals surface area contributed by atoms with Gasteiger partial charge in [0.2, 0.25) is 0 Å². The number of carbonyl (C=O) groups is 1. The van der Waals surface area contributed by atoms with Crippen LogP contribution < -0.4 is 5.32 Å². The summed E-state index contributed by atoms with van der Waals surface area (Å²) in [5.41, 5.74) is 2.82. The van der Waals surface area contributed by atoms with Crippen LogP contribution in [0.2, 0.25) is 0 Å². The monoisotopic (exact) mass is 237 g/mol. The highest BCUT2D eigenvalue weighted by atomic mass is 16.1. The summed E-state index contributed by atoms with van der Waals surface area (Å²) in [6.07, 6.45) is 4.98. The maximum atomic E-state index is 10.6. The number of anilines is 1. The van der Waals surface area contributed by atoms with E-state index in [4.69, 9.17) is 0 Å². The summed E-state index contributed by atoms with van der Waals surface area (Å²) in [6.45, 7) is 0.733. The van der Waals surface area contributed by atoms with Crippen LogP contribution in [0.3, 0.4) is 0 Å². The Morgan fingerprint density at radius 2 is 1.72 bits per heavy atom. The summed E-state index contributed by atoms with van der Waals surface area (Å²) in [5.74, 6) is 0. The molecule has 0 heterocycles. The van der Waals surface area contributed by atoms with Crippen molar-refractivity contribution in [1.29, 1.82) is 0 Å². The van der Waals surface area contributed by atoms with E-state index in [0.717, 1.165) is 18.5 Å². The summed E-state index contributed by atoms with van der Waals surface area (Å²) in [7, 11) is 0. The molecule has 2 nitrogen and oxygen atoms in total. The first-order chi connectivity index (χ1) is 8.88. The maximum absolute atomic E-state index is 10.6. The van der Waals surface area contributed by atoms with Crippen LogP contribution in [0.1, 0.15) is 15.9 Å². The van der Waals surface area contributed by atoms with Crippen LogP contribution in [0.4, 0.5) is 5.69 Å². The van der Waals surface area contributed by atoms with Crippen LogP contribution in [-0.2, 0) is 0 Å². The van der Waals surface area contributed by atoms with E-state index >= 15 is 0 Å². The third-order valence-corrected chi connectivity index (χ3v) is 2.56. The van der Waals surface area contributed by atoms with Gasteiger partial charge in [0.05, 0.1) is 0 Å². The number of carbonyl (C=O) groups excluding carboxylic acids is 1. The molecule has 0 fully saturated rings. The van der Waals surface area contributed by atoms with Gasteiger partial charge in [-0.2, -0.15) is 0 Å². The van der Waals surface area contributed by atoms with E-state index < -0.39 is 0 Å². The van der Waals surface area contributed by atoms with Crippen LogP contribution in [0.5, 0.6) is 0 Å². The molecule has 2 aromatic rings. The van der Waals surface area contributed by atoms with Crippen LogP contribution in [-0.4, -0.2) is 12.8 Å². The van der Waals surface area contributed by atoms with E-state index in [1.54, 1.807) is 6.07 Å². The van der Waals surface area contributed by atoms with Crippen molar-refractivity contribution in [3.05, 3.63) is 71.8 Å². The van der Waals surface area contributed by atoms with Gasteiger partial charge in [-0.15, -0.1) is 0 Å². The number of benzene rings is 2. The average Bonchev–Trinajstić information content (AvgIpc) is 2.45. The second kappa shape index (κ2) is 6.40. The van der Waals surface area contributed by atoms with Gasteiger partial charge in [-0.05, 0) is 17.7 Å². The second-order valence-electron chi connectivity index (χ2n) is 3.94. The zero-order valence-electron chi connectivity index (χ0n) is 10.0. The van der Waals surface area contributed by atoms with Crippen molar-refractivity contribution in [3.8, 4) is 0 Å². The smallest absolute Gasteiger partial charge is 0.150 e. The molecule has 2 heteroatoms. The predicted octanol–water partition coefficient (Wildman–Crippen LogP) is 3.62. The molecule has 0 radical (unpaired) electrons. The lowest BCUT2D eigenvalue weighted by molar-refractivity contribution is 0.112. The predicted molar refractivity (Wildman–Crippen MR) is 75.8 cm³/mol. The topological polar surface area (TPSA) is 29.1 Å². The Kier molecular flexibility index (Phi) is 4.31. The minimum absolute atomic E-state index is 0.687. The highest BCUT2D eigenvalue weighted by Gasteiger charge is 1.92. The van der Waals surface area contributed by atoms with Crippen molar-refractivity contribution in [2.45, 2.75) is 0 Å². The van der Waals surface area contributed by atoms with Crippen molar-refractivity contribution in [2.24, 2.45) is 0 Å². The molecule has 0 atom stereocenters. The Balaban J connectivity index is 1.88. The maximum Gasteiger partial charge on any atom is 0.150 e. The fourth-order valence-corrected chi connectivity index (χ4v) is 1.66. The van der Waals surface area contributed by atoms with Gasteiger partial charge in [0.1, 0.15) is 6.29 Å². The van der Waals surface area contributed by atoms with Gasteiger partial charge < -0.3 is 5.32 Å². The van der Waals surface area contributed by atoms with E-state index in [0.29, 0.717) is 5.56 Å². The molecule has 0 aliphatic heterocycles. The van der Waals surface area contributed by atoms with Gasteiger partial charge in [-0.25, -0.2) is 0 Å². The van der Waals surface area contributed by atoms with Crippen molar-refractivity contribution >= 4 is 18.0 Å². The lowest BCUT2D eigenvalue weighted by Gasteiger charge is -2.03. The van der Waals surface area contributed by atoms with Crippen molar-refractivity contribution in [3.63, 3.8) is 0 Å². The van der Waals surface area contributed by atoms with Crippen molar-refractivity contribution in [2.75, 3.05) is 11.9 Å². The standard InChI is InChI=1S/C16H15NO/c18-13-15-8-4-10-16(12-15)17-11-5-9-14-6-2-1-3-7-14/h1-10,12-13,17H,11H2/b9-5+. The molecular formula is C16H15NO. The Hall–Kier alpha value is -2.35. The highest BCUT2D eigenvalue weighted by molar-refractivity contribution is 5.76. The van der Waals surface area contributed by atoms with Crippen molar-refractivity contribution in [1.82, 2.24) is 0 Å². The molecule has 0 saturated heterocycles. The largest absolute Gasteiger partial charge is 0.382 e. The number of hydrogen-bond donors (Lipinski definition) is 1. The molecule has 0 aromatic heterocycles. The Morgan fingerprint density at radius 1 is 0.944 bits per heavy atom. The molecule has 0 bridgehead atoms.